The van der Waals surface area contributed by atoms with Crippen molar-refractivity contribution >= 4 is 34.1 Å². The number of carbonyl (C=O) groups is 3. The minimum atomic E-state index is -0.548. The van der Waals surface area contributed by atoms with Gasteiger partial charge in [-0.2, -0.15) is 0 Å². The van der Waals surface area contributed by atoms with Gasteiger partial charge in [-0.05, 0) is 24.6 Å². The van der Waals surface area contributed by atoms with E-state index in [4.69, 9.17) is 14.2 Å². The molecule has 0 atom stereocenters. The molecule has 27 heavy (non-hydrogen) atoms. The predicted molar refractivity (Wildman–Crippen MR) is 95.3 cm³/mol. The monoisotopic (exact) mass is 388 g/mol. The van der Waals surface area contributed by atoms with Gasteiger partial charge in [-0.15, -0.1) is 11.3 Å². The summed E-state index contributed by atoms with van der Waals surface area (Å²) in [5.41, 5.74) is 0.908. The van der Waals surface area contributed by atoms with Crippen LogP contribution in [0.3, 0.4) is 0 Å². The van der Waals surface area contributed by atoms with Gasteiger partial charge >= 0.3 is 5.97 Å². The number of anilines is 1. The Kier molecular flexibility index (Phi) is 4.76. The molecule has 0 radical (unpaired) electrons. The van der Waals surface area contributed by atoms with E-state index in [0.717, 1.165) is 6.42 Å². The van der Waals surface area contributed by atoms with Crippen molar-refractivity contribution < 1.29 is 28.6 Å². The van der Waals surface area contributed by atoms with E-state index in [0.29, 0.717) is 40.9 Å². The predicted octanol–water partition coefficient (Wildman–Crippen LogP) is 1.97. The number of aromatic nitrogens is 1. The molecule has 0 unspecified atom stereocenters. The Morgan fingerprint density at radius 1 is 1.26 bits per heavy atom. The maximum Gasteiger partial charge on any atom is 0.312 e. The van der Waals surface area contributed by atoms with Gasteiger partial charge in [0, 0.05) is 23.9 Å². The summed E-state index contributed by atoms with van der Waals surface area (Å²) in [5.74, 6) is 0.253. The van der Waals surface area contributed by atoms with Gasteiger partial charge in [0.25, 0.3) is 0 Å². The third-order valence-corrected chi connectivity index (χ3v) is 5.14. The molecule has 0 spiro atoms. The maximum atomic E-state index is 12.2. The molecule has 8 nitrogen and oxygen atoms in total. The zero-order valence-corrected chi connectivity index (χ0v) is 15.1. The van der Waals surface area contributed by atoms with Gasteiger partial charge in [0.05, 0.1) is 12.1 Å². The summed E-state index contributed by atoms with van der Waals surface area (Å²) in [6.45, 7) is 0.418. The molecule has 0 N–H and O–H groups in total. The first-order valence-electron chi connectivity index (χ1n) is 8.43. The molecule has 1 amide bonds. The summed E-state index contributed by atoms with van der Waals surface area (Å²) in [5, 5.41) is 2.32. The first-order chi connectivity index (χ1) is 13.1. The lowest BCUT2D eigenvalue weighted by atomic mass is 10.1. The first kappa shape index (κ1) is 17.5. The summed E-state index contributed by atoms with van der Waals surface area (Å²) in [6.07, 6.45) is 1.30. The number of rotatable bonds is 6. The second-order valence-corrected chi connectivity index (χ2v) is 6.94. The van der Waals surface area contributed by atoms with E-state index in [1.165, 1.54) is 11.3 Å². The van der Waals surface area contributed by atoms with E-state index < -0.39 is 5.97 Å². The normalized spacial score (nSPS) is 15.3. The van der Waals surface area contributed by atoms with Crippen molar-refractivity contribution in [3.63, 3.8) is 0 Å². The number of ketones is 1. The molecule has 2 aliphatic rings. The Labute approximate surface area is 158 Å². The number of amides is 1. The molecule has 9 heteroatoms. The Hall–Kier alpha value is -2.94. The van der Waals surface area contributed by atoms with Crippen LogP contribution in [-0.2, 0) is 20.7 Å². The molecule has 3 heterocycles. The first-order valence-corrected chi connectivity index (χ1v) is 9.31. The van der Waals surface area contributed by atoms with Crippen molar-refractivity contribution in [2.75, 3.05) is 24.8 Å². The summed E-state index contributed by atoms with van der Waals surface area (Å²) in [7, 11) is 0. The summed E-state index contributed by atoms with van der Waals surface area (Å²) < 4.78 is 15.5. The summed E-state index contributed by atoms with van der Waals surface area (Å²) in [6, 6.07) is 4.82. The van der Waals surface area contributed by atoms with Crippen LogP contribution in [0.4, 0.5) is 5.13 Å². The number of hydrogen-bond donors (Lipinski definition) is 0. The molecule has 0 aliphatic carbocycles. The van der Waals surface area contributed by atoms with Crippen LogP contribution >= 0.6 is 11.3 Å². The van der Waals surface area contributed by atoms with Crippen LogP contribution in [0, 0.1) is 0 Å². The highest BCUT2D eigenvalue weighted by atomic mass is 32.1. The number of esters is 1. The summed E-state index contributed by atoms with van der Waals surface area (Å²) >= 11 is 1.32. The fourth-order valence-electron chi connectivity index (χ4n) is 2.85. The number of hydrogen-bond acceptors (Lipinski definition) is 8. The number of benzene rings is 1. The fourth-order valence-corrected chi connectivity index (χ4v) is 3.72. The third-order valence-electron chi connectivity index (χ3n) is 4.23. The van der Waals surface area contributed by atoms with E-state index in [9.17, 15) is 14.4 Å². The Morgan fingerprint density at radius 2 is 2.11 bits per heavy atom. The molecule has 0 saturated carbocycles. The molecule has 1 saturated heterocycles. The SMILES string of the molecule is O=C(Cc1csc(N2CCCC2=O)n1)OCC(=O)c1ccc2c(c1)OCO2. The lowest BCUT2D eigenvalue weighted by Gasteiger charge is -2.10. The lowest BCUT2D eigenvalue weighted by molar-refractivity contribution is -0.141. The van der Waals surface area contributed by atoms with Crippen LogP contribution in [-0.4, -0.2) is 42.6 Å². The highest BCUT2D eigenvalue weighted by molar-refractivity contribution is 7.14. The van der Waals surface area contributed by atoms with Crippen molar-refractivity contribution in [2.45, 2.75) is 19.3 Å². The number of ether oxygens (including phenoxy) is 3. The molecular formula is C18H16N2O6S. The Bertz CT molecular complexity index is 909. The summed E-state index contributed by atoms with van der Waals surface area (Å²) in [4.78, 5) is 41.9. The van der Waals surface area contributed by atoms with Crippen LogP contribution in [0.1, 0.15) is 28.9 Å². The molecule has 0 bridgehead atoms. The standard InChI is InChI=1S/C18H16N2O6S/c21-13(11-3-4-14-15(6-11)26-10-25-14)8-24-17(23)7-12-9-27-18(19-12)20-5-1-2-16(20)22/h3-4,6,9H,1-2,5,7-8,10H2. The van der Waals surface area contributed by atoms with Crippen LogP contribution in [0.15, 0.2) is 23.6 Å². The molecular weight excluding hydrogens is 372 g/mol. The Balaban J connectivity index is 1.30. The zero-order valence-electron chi connectivity index (χ0n) is 14.3. The average Bonchev–Trinajstić information content (AvgIpc) is 3.39. The molecule has 1 fully saturated rings. The van der Waals surface area contributed by atoms with Crippen LogP contribution in [0.25, 0.3) is 0 Å². The van der Waals surface area contributed by atoms with E-state index in [1.807, 2.05) is 0 Å². The molecule has 140 valence electrons. The molecule has 1 aromatic carbocycles. The van der Waals surface area contributed by atoms with Crippen LogP contribution in [0.2, 0.25) is 0 Å². The number of nitrogens with zero attached hydrogens (tertiary/aromatic N) is 2. The molecule has 4 rings (SSSR count). The van der Waals surface area contributed by atoms with Gasteiger partial charge in [0.1, 0.15) is 0 Å². The van der Waals surface area contributed by atoms with Crippen molar-refractivity contribution in [3.8, 4) is 11.5 Å². The van der Waals surface area contributed by atoms with E-state index in [2.05, 4.69) is 4.98 Å². The zero-order chi connectivity index (χ0) is 18.8. The van der Waals surface area contributed by atoms with Crippen molar-refractivity contribution in [2.24, 2.45) is 0 Å². The molecule has 2 aliphatic heterocycles. The number of Topliss-reactive ketones (excluding diaryl/α,β-unsaturated/α-hetero) is 1. The minimum absolute atomic E-state index is 0.0487. The quantitative estimate of drug-likeness (QED) is 0.551. The highest BCUT2D eigenvalue weighted by Crippen LogP contribution is 2.32. The molecule has 2 aromatic rings. The minimum Gasteiger partial charge on any atom is -0.457 e. The van der Waals surface area contributed by atoms with Crippen LogP contribution < -0.4 is 14.4 Å². The van der Waals surface area contributed by atoms with Crippen molar-refractivity contribution in [1.82, 2.24) is 4.98 Å². The number of fused-ring (bicyclic) bond motifs is 1. The van der Waals surface area contributed by atoms with Gasteiger partial charge in [-0.1, -0.05) is 0 Å². The average molecular weight is 388 g/mol. The third kappa shape index (κ3) is 3.77. The maximum absolute atomic E-state index is 12.2. The van der Waals surface area contributed by atoms with Gasteiger partial charge < -0.3 is 14.2 Å². The number of thiazole rings is 1. The van der Waals surface area contributed by atoms with Crippen molar-refractivity contribution in [3.05, 3.63) is 34.8 Å². The van der Waals surface area contributed by atoms with Crippen LogP contribution in [0.5, 0.6) is 11.5 Å². The van der Waals surface area contributed by atoms with E-state index in [-0.39, 0.29) is 31.5 Å². The van der Waals surface area contributed by atoms with Crippen molar-refractivity contribution in [1.29, 1.82) is 0 Å². The topological polar surface area (TPSA) is 95.0 Å². The van der Waals surface area contributed by atoms with Gasteiger partial charge in [-0.3, -0.25) is 19.3 Å². The van der Waals surface area contributed by atoms with Gasteiger partial charge in [-0.25, -0.2) is 4.98 Å². The Morgan fingerprint density at radius 3 is 2.93 bits per heavy atom. The number of carbonyl (C=O) groups excluding carboxylic acids is 3. The lowest BCUT2D eigenvalue weighted by Crippen LogP contribution is -2.23. The fraction of sp³-hybridized carbons (Fsp3) is 0.333. The second-order valence-electron chi connectivity index (χ2n) is 6.10. The highest BCUT2D eigenvalue weighted by Gasteiger charge is 2.24. The smallest absolute Gasteiger partial charge is 0.312 e. The van der Waals surface area contributed by atoms with Gasteiger partial charge in [0.15, 0.2) is 29.0 Å². The second kappa shape index (κ2) is 7.36. The van der Waals surface area contributed by atoms with E-state index in [1.54, 1.807) is 28.5 Å². The van der Waals surface area contributed by atoms with E-state index >= 15 is 0 Å². The molecule has 1 aromatic heterocycles. The largest absolute Gasteiger partial charge is 0.457 e. The van der Waals surface area contributed by atoms with Gasteiger partial charge in [0.2, 0.25) is 12.7 Å².